The van der Waals surface area contributed by atoms with Gasteiger partial charge in [-0.05, 0) is 31.2 Å². The second kappa shape index (κ2) is 7.34. The molecule has 0 aromatic heterocycles. The number of carbonyl (C=O) groups is 1. The summed E-state index contributed by atoms with van der Waals surface area (Å²) >= 11 is 0. The Morgan fingerprint density at radius 2 is 2.32 bits per heavy atom. The van der Waals surface area contributed by atoms with Crippen LogP contribution in [-0.4, -0.2) is 29.6 Å². The molecule has 19 heavy (non-hydrogen) atoms. The summed E-state index contributed by atoms with van der Waals surface area (Å²) in [6.45, 7) is 3.34. The predicted molar refractivity (Wildman–Crippen MR) is 74.2 cm³/mol. The van der Waals surface area contributed by atoms with Crippen LogP contribution in [0.5, 0.6) is 0 Å². The molecule has 1 atom stereocenters. The number of benzene rings is 1. The van der Waals surface area contributed by atoms with Gasteiger partial charge in [0.15, 0.2) is 0 Å². The molecule has 0 aliphatic rings. The average Bonchev–Trinajstić information content (AvgIpc) is 2.36. The van der Waals surface area contributed by atoms with Crippen LogP contribution in [0.15, 0.2) is 30.3 Å². The molecule has 1 N–H and O–H groups in total. The predicted octanol–water partition coefficient (Wildman–Crippen LogP) is 2.38. The fourth-order valence-corrected chi connectivity index (χ4v) is 1.85. The van der Waals surface area contributed by atoms with E-state index >= 15 is 0 Å². The number of hydrogen-bond donors (Lipinski definition) is 1. The van der Waals surface area contributed by atoms with E-state index in [4.69, 9.17) is 10.4 Å². The van der Waals surface area contributed by atoms with Crippen molar-refractivity contribution >= 4 is 12.0 Å². The first-order valence-corrected chi connectivity index (χ1v) is 6.09. The molecule has 0 spiro atoms. The van der Waals surface area contributed by atoms with Gasteiger partial charge in [-0.1, -0.05) is 24.3 Å². The van der Waals surface area contributed by atoms with Gasteiger partial charge >= 0.3 is 5.97 Å². The van der Waals surface area contributed by atoms with Gasteiger partial charge in [0.2, 0.25) is 0 Å². The lowest BCUT2D eigenvalue weighted by molar-refractivity contribution is -0.131. The molecule has 0 radical (unpaired) electrons. The highest BCUT2D eigenvalue weighted by Gasteiger charge is 2.05. The number of carboxylic acid groups (broad SMARTS) is 1. The second-order valence-corrected chi connectivity index (χ2v) is 4.64. The maximum Gasteiger partial charge on any atom is 0.328 e. The molecule has 0 saturated heterocycles. The van der Waals surface area contributed by atoms with E-state index in [1.807, 2.05) is 38.2 Å². The zero-order chi connectivity index (χ0) is 14.3. The van der Waals surface area contributed by atoms with Gasteiger partial charge in [-0.3, -0.25) is 0 Å². The van der Waals surface area contributed by atoms with Gasteiger partial charge in [-0.2, -0.15) is 5.26 Å². The van der Waals surface area contributed by atoms with Crippen molar-refractivity contribution in [2.75, 3.05) is 13.6 Å². The van der Waals surface area contributed by atoms with Crippen LogP contribution in [0.25, 0.3) is 6.08 Å². The fourth-order valence-electron chi connectivity index (χ4n) is 1.85. The molecule has 4 nitrogen and oxygen atoms in total. The number of carboxylic acids is 1. The lowest BCUT2D eigenvalue weighted by Gasteiger charge is -2.17. The van der Waals surface area contributed by atoms with Crippen molar-refractivity contribution in [3.63, 3.8) is 0 Å². The van der Waals surface area contributed by atoms with Gasteiger partial charge in [-0.15, -0.1) is 0 Å². The van der Waals surface area contributed by atoms with E-state index in [0.717, 1.165) is 23.7 Å². The third-order valence-electron chi connectivity index (χ3n) is 2.63. The molecule has 0 aliphatic carbocycles. The molecule has 0 fully saturated rings. The molecule has 1 aromatic carbocycles. The van der Waals surface area contributed by atoms with Crippen LogP contribution in [0.2, 0.25) is 0 Å². The Morgan fingerprint density at radius 1 is 1.58 bits per heavy atom. The topological polar surface area (TPSA) is 64.3 Å². The van der Waals surface area contributed by atoms with Crippen molar-refractivity contribution in [1.82, 2.24) is 4.90 Å². The van der Waals surface area contributed by atoms with E-state index in [2.05, 4.69) is 11.0 Å². The van der Waals surface area contributed by atoms with Gasteiger partial charge in [-0.25, -0.2) is 4.79 Å². The monoisotopic (exact) mass is 258 g/mol. The Hall–Kier alpha value is -2.12. The number of hydrogen-bond acceptors (Lipinski definition) is 3. The van der Waals surface area contributed by atoms with E-state index in [0.29, 0.717) is 6.54 Å². The second-order valence-electron chi connectivity index (χ2n) is 4.64. The van der Waals surface area contributed by atoms with Gasteiger partial charge in [0.25, 0.3) is 0 Å². The zero-order valence-corrected chi connectivity index (χ0v) is 11.2. The van der Waals surface area contributed by atoms with Gasteiger partial charge in [0.05, 0.1) is 12.0 Å². The Labute approximate surface area is 113 Å². The maximum atomic E-state index is 10.5. The Balaban J connectivity index is 2.67. The van der Waals surface area contributed by atoms with Crippen molar-refractivity contribution < 1.29 is 9.90 Å². The summed E-state index contributed by atoms with van der Waals surface area (Å²) in [7, 11) is 1.97. The average molecular weight is 258 g/mol. The molecule has 0 heterocycles. The van der Waals surface area contributed by atoms with Gasteiger partial charge < -0.3 is 10.0 Å². The minimum atomic E-state index is -0.953. The summed E-state index contributed by atoms with van der Waals surface area (Å²) in [5.41, 5.74) is 1.96. The number of nitrogens with zero attached hydrogens (tertiary/aromatic N) is 2. The van der Waals surface area contributed by atoms with E-state index in [9.17, 15) is 4.79 Å². The van der Waals surface area contributed by atoms with Crippen LogP contribution in [0.4, 0.5) is 0 Å². The molecule has 4 heteroatoms. The number of rotatable bonds is 6. The first kappa shape index (κ1) is 14.9. The minimum absolute atomic E-state index is 0.0000823. The first-order valence-electron chi connectivity index (χ1n) is 6.09. The Bertz CT molecular complexity index is 503. The number of aliphatic carboxylic acids is 1. The molecule has 100 valence electrons. The third kappa shape index (κ3) is 5.84. The molecule has 0 saturated carbocycles. The van der Waals surface area contributed by atoms with E-state index < -0.39 is 5.97 Å². The number of nitriles is 1. The summed E-state index contributed by atoms with van der Waals surface area (Å²) in [6, 6.07) is 9.91. The molecular weight excluding hydrogens is 240 g/mol. The fraction of sp³-hybridized carbons (Fsp3) is 0.333. The van der Waals surface area contributed by atoms with Crippen molar-refractivity contribution in [1.29, 1.82) is 5.26 Å². The van der Waals surface area contributed by atoms with Crippen LogP contribution in [0.3, 0.4) is 0 Å². The molecular formula is C15H18N2O2. The van der Waals surface area contributed by atoms with Crippen LogP contribution >= 0.6 is 0 Å². The normalized spacial score (nSPS) is 12.5. The van der Waals surface area contributed by atoms with Crippen LogP contribution in [0.1, 0.15) is 18.1 Å². The van der Waals surface area contributed by atoms with Crippen molar-refractivity contribution in [2.45, 2.75) is 13.5 Å². The summed E-state index contributed by atoms with van der Waals surface area (Å²) in [4.78, 5) is 12.5. The zero-order valence-electron chi connectivity index (χ0n) is 11.2. The van der Waals surface area contributed by atoms with E-state index in [1.54, 1.807) is 6.08 Å². The van der Waals surface area contributed by atoms with Gasteiger partial charge in [0.1, 0.15) is 0 Å². The smallest absolute Gasteiger partial charge is 0.328 e. The highest BCUT2D eigenvalue weighted by Crippen LogP contribution is 2.10. The van der Waals surface area contributed by atoms with Crippen molar-refractivity contribution in [2.24, 2.45) is 5.92 Å². The first-order chi connectivity index (χ1) is 9.01. The van der Waals surface area contributed by atoms with Crippen molar-refractivity contribution in [3.05, 3.63) is 41.5 Å². The third-order valence-corrected chi connectivity index (χ3v) is 2.63. The standard InChI is InChI=1S/C15H18N2O2/c1-12(9-16)10-17(2)11-14-5-3-4-13(8-14)6-7-15(18)19/h3-8,12H,10-11H2,1-2H3,(H,18,19)/b7-6+. The minimum Gasteiger partial charge on any atom is -0.478 e. The molecule has 0 amide bonds. The molecule has 0 aliphatic heterocycles. The SMILES string of the molecule is CC(C#N)CN(C)Cc1cccc(/C=C/C(=O)O)c1. The van der Waals surface area contributed by atoms with Crippen LogP contribution in [-0.2, 0) is 11.3 Å². The quantitative estimate of drug-likeness (QED) is 0.796. The summed E-state index contributed by atoms with van der Waals surface area (Å²) in [5.74, 6) is -0.953. The van der Waals surface area contributed by atoms with E-state index in [-0.39, 0.29) is 5.92 Å². The molecule has 0 bridgehead atoms. The Morgan fingerprint density at radius 3 is 2.95 bits per heavy atom. The van der Waals surface area contributed by atoms with Crippen LogP contribution < -0.4 is 0 Å². The molecule has 1 aromatic rings. The summed E-state index contributed by atoms with van der Waals surface area (Å²) in [6.07, 6.45) is 2.70. The molecule has 1 unspecified atom stereocenters. The van der Waals surface area contributed by atoms with Crippen LogP contribution in [0, 0.1) is 17.2 Å². The lowest BCUT2D eigenvalue weighted by atomic mass is 10.1. The summed E-state index contributed by atoms with van der Waals surface area (Å²) < 4.78 is 0. The highest BCUT2D eigenvalue weighted by molar-refractivity contribution is 5.85. The highest BCUT2D eigenvalue weighted by atomic mass is 16.4. The van der Waals surface area contributed by atoms with Gasteiger partial charge in [0, 0.05) is 19.2 Å². The van der Waals surface area contributed by atoms with Crippen molar-refractivity contribution in [3.8, 4) is 6.07 Å². The Kier molecular flexibility index (Phi) is 5.77. The maximum absolute atomic E-state index is 10.5. The largest absolute Gasteiger partial charge is 0.478 e. The lowest BCUT2D eigenvalue weighted by Crippen LogP contribution is -2.23. The molecule has 1 rings (SSSR count). The summed E-state index contributed by atoms with van der Waals surface area (Å²) in [5, 5.41) is 17.4. The van der Waals surface area contributed by atoms with E-state index in [1.165, 1.54) is 0 Å².